The van der Waals surface area contributed by atoms with Crippen LogP contribution in [-0.4, -0.2) is 25.7 Å². The maximum Gasteiger partial charge on any atom is 0.257 e. The molecule has 7 nitrogen and oxygen atoms in total. The van der Waals surface area contributed by atoms with Crippen LogP contribution < -0.4 is 15.2 Å². The molecular formula is C11H14N4O3S. The van der Waals surface area contributed by atoms with Crippen LogP contribution in [0.25, 0.3) is 0 Å². The fourth-order valence-corrected chi connectivity index (χ4v) is 2.49. The minimum absolute atomic E-state index is 0.00960. The molecule has 0 unspecified atom stereocenters. The summed E-state index contributed by atoms with van der Waals surface area (Å²) < 4.78 is 31.4. The molecule has 0 aliphatic rings. The molecule has 0 spiro atoms. The molecule has 2 aromatic rings. The van der Waals surface area contributed by atoms with E-state index >= 15 is 0 Å². The highest BCUT2D eigenvalue weighted by Gasteiger charge is 2.16. The van der Waals surface area contributed by atoms with E-state index in [4.69, 9.17) is 10.5 Å². The third-order valence-electron chi connectivity index (χ3n) is 2.52. The van der Waals surface area contributed by atoms with E-state index in [1.54, 1.807) is 18.2 Å². The van der Waals surface area contributed by atoms with Crippen molar-refractivity contribution < 1.29 is 13.2 Å². The Hall–Kier alpha value is -2.06. The summed E-state index contributed by atoms with van der Waals surface area (Å²) in [5, 5.41) is 6.01. The van der Waals surface area contributed by atoms with Crippen molar-refractivity contribution in [1.29, 1.82) is 0 Å². The molecule has 19 heavy (non-hydrogen) atoms. The van der Waals surface area contributed by atoms with E-state index in [1.165, 1.54) is 19.4 Å². The van der Waals surface area contributed by atoms with Crippen molar-refractivity contribution in [3.8, 4) is 5.75 Å². The number of H-pyrrole nitrogens is 1. The average Bonchev–Trinajstić information content (AvgIpc) is 2.91. The summed E-state index contributed by atoms with van der Waals surface area (Å²) in [7, 11) is -2.11. The number of hydrogen-bond donors (Lipinski definition) is 3. The molecule has 0 saturated carbocycles. The number of ether oxygens (including phenoxy) is 1. The van der Waals surface area contributed by atoms with Crippen LogP contribution in [-0.2, 0) is 16.6 Å². The highest BCUT2D eigenvalue weighted by molar-refractivity contribution is 7.89. The number of rotatable bonds is 5. The molecule has 0 bridgehead atoms. The highest BCUT2D eigenvalue weighted by Crippen LogP contribution is 2.21. The number of methoxy groups -OCH3 is 1. The molecule has 8 heteroatoms. The number of benzene rings is 1. The molecule has 1 aromatic carbocycles. The molecule has 0 fully saturated rings. The van der Waals surface area contributed by atoms with E-state index in [2.05, 4.69) is 14.9 Å². The van der Waals surface area contributed by atoms with E-state index in [0.717, 1.165) is 0 Å². The van der Waals surface area contributed by atoms with Crippen LogP contribution in [0.15, 0.2) is 35.5 Å². The minimum Gasteiger partial charge on any atom is -0.496 e. The number of aromatic amines is 1. The Morgan fingerprint density at radius 1 is 1.42 bits per heavy atom. The summed E-state index contributed by atoms with van der Waals surface area (Å²) in [6, 6.07) is 6.41. The second-order valence-electron chi connectivity index (χ2n) is 3.82. The first kappa shape index (κ1) is 13.4. The SMILES string of the molecule is COc1ccc(N)cc1CNS(=O)(=O)c1ccn[nH]1. The molecule has 1 heterocycles. The van der Waals surface area contributed by atoms with Crippen molar-refractivity contribution in [2.45, 2.75) is 11.6 Å². The first-order valence-corrected chi connectivity index (χ1v) is 6.92. The summed E-state index contributed by atoms with van der Waals surface area (Å²) in [4.78, 5) is 0. The van der Waals surface area contributed by atoms with Gasteiger partial charge in [0, 0.05) is 17.8 Å². The van der Waals surface area contributed by atoms with Crippen LogP contribution in [0.5, 0.6) is 5.75 Å². The van der Waals surface area contributed by atoms with Crippen molar-refractivity contribution >= 4 is 15.7 Å². The van der Waals surface area contributed by atoms with Crippen molar-refractivity contribution in [1.82, 2.24) is 14.9 Å². The molecule has 0 atom stereocenters. The summed E-state index contributed by atoms with van der Waals surface area (Å²) in [5.41, 5.74) is 6.86. The molecule has 1 aromatic heterocycles. The van der Waals surface area contributed by atoms with Gasteiger partial charge in [0.1, 0.15) is 5.75 Å². The van der Waals surface area contributed by atoms with Crippen LogP contribution in [0.1, 0.15) is 5.56 Å². The molecule has 0 aliphatic carbocycles. The lowest BCUT2D eigenvalue weighted by molar-refractivity contribution is 0.409. The first-order valence-electron chi connectivity index (χ1n) is 5.44. The Labute approximate surface area is 110 Å². The van der Waals surface area contributed by atoms with Gasteiger partial charge in [0.2, 0.25) is 0 Å². The zero-order valence-corrected chi connectivity index (χ0v) is 11.1. The number of anilines is 1. The largest absolute Gasteiger partial charge is 0.496 e. The molecule has 102 valence electrons. The lowest BCUT2D eigenvalue weighted by Gasteiger charge is -2.10. The molecule has 2 rings (SSSR count). The second-order valence-corrected chi connectivity index (χ2v) is 5.55. The Bertz CT molecular complexity index is 653. The van der Waals surface area contributed by atoms with E-state index < -0.39 is 10.0 Å². The predicted octanol–water partition coefficient (Wildman–Crippen LogP) is 0.479. The van der Waals surface area contributed by atoms with Gasteiger partial charge in [-0.05, 0) is 24.3 Å². The van der Waals surface area contributed by atoms with Gasteiger partial charge in [-0.15, -0.1) is 0 Å². The van der Waals surface area contributed by atoms with Crippen LogP contribution in [0.4, 0.5) is 5.69 Å². The van der Waals surface area contributed by atoms with Crippen LogP contribution in [0.3, 0.4) is 0 Å². The van der Waals surface area contributed by atoms with E-state index in [-0.39, 0.29) is 11.6 Å². The Morgan fingerprint density at radius 2 is 2.21 bits per heavy atom. The van der Waals surface area contributed by atoms with E-state index in [0.29, 0.717) is 17.0 Å². The Morgan fingerprint density at radius 3 is 2.84 bits per heavy atom. The summed E-state index contributed by atoms with van der Waals surface area (Å²) in [5.74, 6) is 0.571. The van der Waals surface area contributed by atoms with Crippen molar-refractivity contribution in [3.05, 3.63) is 36.0 Å². The highest BCUT2D eigenvalue weighted by atomic mass is 32.2. The van der Waals surface area contributed by atoms with Crippen LogP contribution >= 0.6 is 0 Å². The van der Waals surface area contributed by atoms with Crippen LogP contribution in [0.2, 0.25) is 0 Å². The average molecular weight is 282 g/mol. The lowest BCUT2D eigenvalue weighted by Crippen LogP contribution is -2.24. The molecule has 0 saturated heterocycles. The summed E-state index contributed by atoms with van der Waals surface area (Å²) in [6.07, 6.45) is 1.37. The first-order chi connectivity index (χ1) is 9.03. The van der Waals surface area contributed by atoms with Crippen molar-refractivity contribution in [2.24, 2.45) is 0 Å². The Balaban J connectivity index is 2.17. The smallest absolute Gasteiger partial charge is 0.257 e. The van der Waals surface area contributed by atoms with Gasteiger partial charge in [-0.2, -0.15) is 5.10 Å². The maximum absolute atomic E-state index is 11.9. The zero-order valence-electron chi connectivity index (χ0n) is 10.3. The van der Waals surface area contributed by atoms with E-state index in [1.807, 2.05) is 0 Å². The number of nitrogens with two attached hydrogens (primary N) is 1. The minimum atomic E-state index is -3.62. The third kappa shape index (κ3) is 3.04. The number of nitrogen functional groups attached to an aromatic ring is 1. The number of sulfonamides is 1. The number of aromatic nitrogens is 2. The quantitative estimate of drug-likeness (QED) is 0.691. The number of hydrogen-bond acceptors (Lipinski definition) is 5. The molecule has 0 radical (unpaired) electrons. The standard InChI is InChI=1S/C11H14N4O3S/c1-18-10-3-2-9(12)6-8(10)7-14-19(16,17)11-4-5-13-15-11/h2-6,14H,7,12H2,1H3,(H,13,15). The number of nitrogens with zero attached hydrogens (tertiary/aromatic N) is 1. The molecule has 4 N–H and O–H groups in total. The fraction of sp³-hybridized carbons (Fsp3) is 0.182. The van der Waals surface area contributed by atoms with Crippen molar-refractivity contribution in [3.63, 3.8) is 0 Å². The van der Waals surface area contributed by atoms with Gasteiger partial charge in [0.15, 0.2) is 5.03 Å². The molecular weight excluding hydrogens is 268 g/mol. The zero-order chi connectivity index (χ0) is 13.9. The Kier molecular flexibility index (Phi) is 3.72. The van der Waals surface area contributed by atoms with Gasteiger partial charge in [-0.25, -0.2) is 13.1 Å². The van der Waals surface area contributed by atoms with Gasteiger partial charge in [0.25, 0.3) is 10.0 Å². The maximum atomic E-state index is 11.9. The third-order valence-corrected chi connectivity index (χ3v) is 3.85. The molecule has 0 aliphatic heterocycles. The van der Waals surface area contributed by atoms with Crippen molar-refractivity contribution in [2.75, 3.05) is 12.8 Å². The monoisotopic (exact) mass is 282 g/mol. The van der Waals surface area contributed by atoms with Gasteiger partial charge < -0.3 is 10.5 Å². The lowest BCUT2D eigenvalue weighted by atomic mass is 10.2. The topological polar surface area (TPSA) is 110 Å². The van der Waals surface area contributed by atoms with Gasteiger partial charge >= 0.3 is 0 Å². The normalized spacial score (nSPS) is 11.4. The fourth-order valence-electron chi connectivity index (χ4n) is 1.58. The second kappa shape index (κ2) is 5.29. The summed E-state index contributed by atoms with van der Waals surface area (Å²) >= 11 is 0. The number of nitrogens with one attached hydrogen (secondary N) is 2. The van der Waals surface area contributed by atoms with E-state index in [9.17, 15) is 8.42 Å². The van der Waals surface area contributed by atoms with Gasteiger partial charge in [-0.3, -0.25) is 5.10 Å². The van der Waals surface area contributed by atoms with Crippen LogP contribution in [0, 0.1) is 0 Å². The summed E-state index contributed by atoms with van der Waals surface area (Å²) in [6.45, 7) is 0.0789. The van der Waals surface area contributed by atoms with Gasteiger partial charge in [-0.1, -0.05) is 0 Å². The predicted molar refractivity (Wildman–Crippen MR) is 70.0 cm³/mol. The molecule has 0 amide bonds. The van der Waals surface area contributed by atoms with Gasteiger partial charge in [0.05, 0.1) is 13.3 Å².